The number of aromatic nitrogens is 2. The Labute approximate surface area is 156 Å². The Bertz CT molecular complexity index is 827. The summed E-state index contributed by atoms with van der Waals surface area (Å²) in [6, 6.07) is 5.96. The molecule has 2 aliphatic heterocycles. The number of hydrogen-bond donors (Lipinski definition) is 1. The fraction of sp³-hybridized carbons (Fsp3) is 0.474. The third-order valence-electron chi connectivity index (χ3n) is 5.55. The van der Waals surface area contributed by atoms with Crippen molar-refractivity contribution in [1.29, 1.82) is 0 Å². The van der Waals surface area contributed by atoms with Gasteiger partial charge in [0.15, 0.2) is 18.3 Å². The number of ether oxygens (including phenoxy) is 1. The number of halogens is 2. The van der Waals surface area contributed by atoms with Crippen LogP contribution in [0.3, 0.4) is 0 Å². The van der Waals surface area contributed by atoms with Crippen molar-refractivity contribution in [2.75, 3.05) is 7.05 Å². The minimum Gasteiger partial charge on any atom is -0.468 e. The van der Waals surface area contributed by atoms with Gasteiger partial charge in [0.25, 0.3) is 5.91 Å². The summed E-state index contributed by atoms with van der Waals surface area (Å²) >= 11 is 0. The van der Waals surface area contributed by atoms with E-state index in [1.807, 2.05) is 0 Å². The van der Waals surface area contributed by atoms with Gasteiger partial charge in [-0.3, -0.25) is 4.79 Å². The van der Waals surface area contributed by atoms with Gasteiger partial charge in [-0.05, 0) is 50.9 Å². The van der Waals surface area contributed by atoms with Crippen molar-refractivity contribution >= 4 is 5.91 Å². The third-order valence-corrected chi connectivity index (χ3v) is 5.55. The van der Waals surface area contributed by atoms with Crippen LogP contribution in [0.1, 0.15) is 36.2 Å². The van der Waals surface area contributed by atoms with E-state index in [2.05, 4.69) is 22.4 Å². The molecule has 4 rings (SSSR count). The van der Waals surface area contributed by atoms with Crippen LogP contribution in [0.4, 0.5) is 8.78 Å². The summed E-state index contributed by atoms with van der Waals surface area (Å²) in [6.07, 6.45) is 5.91. The minimum atomic E-state index is -0.781. The van der Waals surface area contributed by atoms with Crippen molar-refractivity contribution in [2.24, 2.45) is 0 Å². The van der Waals surface area contributed by atoms with Gasteiger partial charge in [-0.15, -0.1) is 0 Å². The smallest absolute Gasteiger partial charge is 0.271 e. The largest absolute Gasteiger partial charge is 0.468 e. The van der Waals surface area contributed by atoms with Gasteiger partial charge < -0.3 is 15.0 Å². The molecule has 2 saturated heterocycles. The Morgan fingerprint density at radius 1 is 1.26 bits per heavy atom. The van der Waals surface area contributed by atoms with Crippen LogP contribution in [0.5, 0.6) is 5.75 Å². The lowest BCUT2D eigenvalue weighted by molar-refractivity contribution is 0.0875. The van der Waals surface area contributed by atoms with Crippen molar-refractivity contribution in [3.63, 3.8) is 0 Å². The fourth-order valence-corrected chi connectivity index (χ4v) is 4.07. The van der Waals surface area contributed by atoms with Gasteiger partial charge in [0.05, 0.1) is 0 Å². The first kappa shape index (κ1) is 17.9. The fourth-order valence-electron chi connectivity index (χ4n) is 4.07. The van der Waals surface area contributed by atoms with Gasteiger partial charge in [0.2, 0.25) is 0 Å². The predicted molar refractivity (Wildman–Crippen MR) is 94.3 cm³/mol. The van der Waals surface area contributed by atoms with Crippen molar-refractivity contribution in [2.45, 2.75) is 50.5 Å². The van der Waals surface area contributed by atoms with Crippen LogP contribution < -0.4 is 10.1 Å². The second-order valence-electron chi connectivity index (χ2n) is 7.28. The van der Waals surface area contributed by atoms with Crippen LogP contribution in [-0.4, -0.2) is 45.8 Å². The molecule has 2 atom stereocenters. The van der Waals surface area contributed by atoms with Gasteiger partial charge in [-0.25, -0.2) is 13.5 Å². The number of nitrogens with zero attached hydrogens (tertiary/aromatic N) is 3. The highest BCUT2D eigenvalue weighted by atomic mass is 19.1. The molecule has 27 heavy (non-hydrogen) atoms. The average molecular weight is 376 g/mol. The maximum absolute atomic E-state index is 13.6. The van der Waals surface area contributed by atoms with Crippen LogP contribution in [-0.2, 0) is 6.73 Å². The molecule has 2 bridgehead atoms. The molecule has 3 heterocycles. The van der Waals surface area contributed by atoms with Crippen molar-refractivity contribution < 1.29 is 18.3 Å². The molecule has 8 heteroatoms. The van der Waals surface area contributed by atoms with Gasteiger partial charge in [-0.2, -0.15) is 5.10 Å². The Balaban J connectivity index is 1.33. The summed E-state index contributed by atoms with van der Waals surface area (Å²) < 4.78 is 33.2. The summed E-state index contributed by atoms with van der Waals surface area (Å²) in [5, 5.41) is 7.25. The van der Waals surface area contributed by atoms with Crippen LogP contribution in [0.25, 0.3) is 0 Å². The highest BCUT2D eigenvalue weighted by Gasteiger charge is 2.38. The first-order valence-corrected chi connectivity index (χ1v) is 9.13. The zero-order valence-corrected chi connectivity index (χ0v) is 15.1. The standard InChI is InChI=1S/C19H22F2N4O2/c1-24-14-3-4-15(24)10-13(9-14)22-19(26)17-6-7-25(23-17)11-27-18-5-2-12(20)8-16(18)21/h2,5-8,13-15H,3-4,9-11H2,1H3,(H,22,26). The molecule has 1 aromatic heterocycles. The number of amides is 1. The Kier molecular flexibility index (Phi) is 4.82. The maximum Gasteiger partial charge on any atom is 0.271 e. The summed E-state index contributed by atoms with van der Waals surface area (Å²) in [5.74, 6) is -1.73. The Morgan fingerprint density at radius 2 is 2.00 bits per heavy atom. The zero-order valence-electron chi connectivity index (χ0n) is 15.1. The number of carbonyl (C=O) groups is 1. The van der Waals surface area contributed by atoms with E-state index in [4.69, 9.17) is 4.74 Å². The number of fused-ring (bicyclic) bond motifs is 2. The molecular formula is C19H22F2N4O2. The topological polar surface area (TPSA) is 59.4 Å². The van der Waals surface area contributed by atoms with E-state index in [-0.39, 0.29) is 24.4 Å². The molecule has 2 fully saturated rings. The first-order valence-electron chi connectivity index (χ1n) is 9.13. The number of hydrogen-bond acceptors (Lipinski definition) is 4. The quantitative estimate of drug-likeness (QED) is 0.871. The molecule has 0 saturated carbocycles. The molecular weight excluding hydrogens is 354 g/mol. The van der Waals surface area contributed by atoms with Crippen molar-refractivity contribution in [3.8, 4) is 5.75 Å². The van der Waals surface area contributed by atoms with Crippen LogP contribution in [0, 0.1) is 11.6 Å². The third kappa shape index (κ3) is 3.80. The molecule has 1 amide bonds. The van der Waals surface area contributed by atoms with E-state index in [0.717, 1.165) is 25.0 Å². The van der Waals surface area contributed by atoms with Gasteiger partial charge in [0, 0.05) is 30.4 Å². The van der Waals surface area contributed by atoms with E-state index in [1.54, 1.807) is 12.3 Å². The Hall–Kier alpha value is -2.48. The molecule has 2 unspecified atom stereocenters. The summed E-state index contributed by atoms with van der Waals surface area (Å²) in [6.45, 7) is -0.0752. The van der Waals surface area contributed by atoms with E-state index in [0.29, 0.717) is 17.8 Å². The molecule has 0 aliphatic carbocycles. The first-order chi connectivity index (χ1) is 13.0. The molecule has 0 radical (unpaired) electrons. The SMILES string of the molecule is CN1C2CCC1CC(NC(=O)c1ccn(COc3ccc(F)cc3F)n1)C2. The lowest BCUT2D eigenvalue weighted by Crippen LogP contribution is -2.48. The normalized spacial score (nSPS) is 24.8. The number of piperidine rings is 1. The number of carbonyl (C=O) groups excluding carboxylic acids is 1. The average Bonchev–Trinajstić information content (AvgIpc) is 3.16. The lowest BCUT2D eigenvalue weighted by Gasteiger charge is -2.36. The molecule has 0 spiro atoms. The molecule has 1 aromatic carbocycles. The monoisotopic (exact) mass is 376 g/mol. The second-order valence-corrected chi connectivity index (χ2v) is 7.28. The molecule has 144 valence electrons. The minimum absolute atomic E-state index is 0.0697. The number of benzene rings is 1. The lowest BCUT2D eigenvalue weighted by atomic mass is 9.98. The van der Waals surface area contributed by atoms with Crippen molar-refractivity contribution in [3.05, 3.63) is 47.8 Å². The molecule has 2 aromatic rings. The molecule has 1 N–H and O–H groups in total. The summed E-state index contributed by atoms with van der Waals surface area (Å²) in [4.78, 5) is 14.9. The van der Waals surface area contributed by atoms with Gasteiger partial charge >= 0.3 is 0 Å². The predicted octanol–water partition coefficient (Wildman–Crippen LogP) is 2.55. The summed E-state index contributed by atoms with van der Waals surface area (Å²) in [5.41, 5.74) is 0.296. The van der Waals surface area contributed by atoms with Crippen LogP contribution in [0.15, 0.2) is 30.5 Å². The number of nitrogens with one attached hydrogen (secondary N) is 1. The highest BCUT2D eigenvalue weighted by molar-refractivity contribution is 5.92. The van der Waals surface area contributed by atoms with E-state index < -0.39 is 11.6 Å². The molecule has 2 aliphatic rings. The summed E-state index contributed by atoms with van der Waals surface area (Å²) in [7, 11) is 2.16. The van der Waals surface area contributed by atoms with E-state index in [1.165, 1.54) is 23.6 Å². The van der Waals surface area contributed by atoms with Crippen LogP contribution in [0.2, 0.25) is 0 Å². The Morgan fingerprint density at radius 3 is 2.70 bits per heavy atom. The van der Waals surface area contributed by atoms with E-state index >= 15 is 0 Å². The maximum atomic E-state index is 13.6. The molecule has 6 nitrogen and oxygen atoms in total. The zero-order chi connectivity index (χ0) is 19.0. The number of rotatable bonds is 5. The van der Waals surface area contributed by atoms with E-state index in [9.17, 15) is 13.6 Å². The highest BCUT2D eigenvalue weighted by Crippen LogP contribution is 2.34. The second kappa shape index (κ2) is 7.26. The van der Waals surface area contributed by atoms with Gasteiger partial charge in [-0.1, -0.05) is 0 Å². The van der Waals surface area contributed by atoms with Crippen molar-refractivity contribution in [1.82, 2.24) is 20.0 Å². The van der Waals surface area contributed by atoms with Gasteiger partial charge in [0.1, 0.15) is 11.5 Å². The van der Waals surface area contributed by atoms with Crippen LogP contribution >= 0.6 is 0 Å².